The van der Waals surface area contributed by atoms with E-state index in [2.05, 4.69) is 62.1 Å². The number of benzene rings is 3. The number of carbonyl (C=O) groups is 1. The molecule has 5 nitrogen and oxygen atoms in total. The van der Waals surface area contributed by atoms with Gasteiger partial charge in [-0.3, -0.25) is 14.1 Å². The summed E-state index contributed by atoms with van der Waals surface area (Å²) in [6, 6.07) is 26.9. The first-order chi connectivity index (χ1) is 17.2. The van der Waals surface area contributed by atoms with E-state index in [0.29, 0.717) is 19.5 Å². The van der Waals surface area contributed by atoms with Crippen LogP contribution in [0.1, 0.15) is 22.9 Å². The molecule has 0 saturated carbocycles. The zero-order valence-corrected chi connectivity index (χ0v) is 20.8. The quantitative estimate of drug-likeness (QED) is 0.312. The van der Waals surface area contributed by atoms with E-state index in [1.807, 2.05) is 41.3 Å². The molecule has 1 atom stereocenters. The lowest BCUT2D eigenvalue weighted by atomic mass is 9.96. The van der Waals surface area contributed by atoms with Crippen molar-refractivity contribution >= 4 is 44.8 Å². The minimum Gasteiger partial charge on any atom is -0.340 e. The summed E-state index contributed by atoms with van der Waals surface area (Å²) >= 11 is 7.75. The molecule has 1 aliphatic heterocycles. The van der Waals surface area contributed by atoms with Crippen molar-refractivity contribution in [1.82, 2.24) is 19.2 Å². The molecule has 0 bridgehead atoms. The average Bonchev–Trinajstić information content (AvgIpc) is 3.46. The predicted octanol–water partition coefficient (Wildman–Crippen LogP) is 5.68. The maximum atomic E-state index is 13.3. The standard InChI is InChI=1S/C28H25ClN4OS/c29-22-12-10-21(11-13-22)27(20-6-2-1-3-7-20)32-16-14-31(15-17-32)26(34)18-23-19-35-28-30-24-8-4-5-9-25(24)33(23)28/h1-13,19,27H,14-18H2. The zero-order valence-electron chi connectivity index (χ0n) is 19.2. The van der Waals surface area contributed by atoms with Crippen LogP contribution in [0.2, 0.25) is 5.02 Å². The summed E-state index contributed by atoms with van der Waals surface area (Å²) in [5.41, 5.74) is 5.51. The lowest BCUT2D eigenvalue weighted by molar-refractivity contribution is -0.132. The zero-order chi connectivity index (χ0) is 23.8. The van der Waals surface area contributed by atoms with Gasteiger partial charge in [-0.2, -0.15) is 0 Å². The summed E-state index contributed by atoms with van der Waals surface area (Å²) in [5.74, 6) is 0.171. The Morgan fingerprint density at radius 2 is 1.57 bits per heavy atom. The van der Waals surface area contributed by atoms with E-state index >= 15 is 0 Å². The van der Waals surface area contributed by atoms with E-state index in [0.717, 1.165) is 39.8 Å². The highest BCUT2D eigenvalue weighted by Gasteiger charge is 2.28. The van der Waals surface area contributed by atoms with Crippen molar-refractivity contribution in [2.24, 2.45) is 0 Å². The van der Waals surface area contributed by atoms with Gasteiger partial charge >= 0.3 is 0 Å². The van der Waals surface area contributed by atoms with Crippen molar-refractivity contribution < 1.29 is 4.79 Å². The molecule has 1 amide bonds. The molecule has 0 radical (unpaired) electrons. The van der Waals surface area contributed by atoms with E-state index in [1.54, 1.807) is 11.3 Å². The molecule has 0 spiro atoms. The first-order valence-corrected chi connectivity index (χ1v) is 13.1. The fraction of sp³-hybridized carbons (Fsp3) is 0.214. The van der Waals surface area contributed by atoms with Crippen molar-refractivity contribution in [2.45, 2.75) is 12.5 Å². The van der Waals surface area contributed by atoms with Gasteiger partial charge in [-0.15, -0.1) is 11.3 Å². The van der Waals surface area contributed by atoms with Crippen LogP contribution in [-0.4, -0.2) is 51.3 Å². The van der Waals surface area contributed by atoms with Crippen LogP contribution in [0.3, 0.4) is 0 Å². The molecule has 7 heteroatoms. The molecule has 35 heavy (non-hydrogen) atoms. The molecule has 0 aliphatic carbocycles. The van der Waals surface area contributed by atoms with Gasteiger partial charge in [0.05, 0.1) is 23.5 Å². The van der Waals surface area contributed by atoms with Crippen LogP contribution in [0.25, 0.3) is 16.0 Å². The second kappa shape index (κ2) is 9.46. The number of thiazole rings is 1. The third-order valence-electron chi connectivity index (χ3n) is 6.78. The topological polar surface area (TPSA) is 40.9 Å². The summed E-state index contributed by atoms with van der Waals surface area (Å²) in [6.45, 7) is 3.07. The van der Waals surface area contributed by atoms with Crippen LogP contribution < -0.4 is 0 Å². The molecule has 5 aromatic rings. The smallest absolute Gasteiger partial charge is 0.228 e. The van der Waals surface area contributed by atoms with Gasteiger partial charge in [-0.25, -0.2) is 4.98 Å². The number of fused-ring (bicyclic) bond motifs is 3. The monoisotopic (exact) mass is 500 g/mol. The van der Waals surface area contributed by atoms with Gasteiger partial charge in [-0.1, -0.05) is 66.2 Å². The first kappa shape index (κ1) is 22.3. The third kappa shape index (κ3) is 4.33. The van der Waals surface area contributed by atoms with Crippen LogP contribution in [0, 0.1) is 0 Å². The fourth-order valence-corrected chi connectivity index (χ4v) is 6.07. The highest BCUT2D eigenvalue weighted by molar-refractivity contribution is 7.15. The van der Waals surface area contributed by atoms with Crippen LogP contribution >= 0.6 is 22.9 Å². The highest BCUT2D eigenvalue weighted by atomic mass is 35.5. The highest BCUT2D eigenvalue weighted by Crippen LogP contribution is 2.31. The molecule has 1 unspecified atom stereocenters. The Labute approximate surface area is 213 Å². The van der Waals surface area contributed by atoms with Crippen molar-refractivity contribution in [2.75, 3.05) is 26.2 Å². The average molecular weight is 501 g/mol. The molecule has 3 aromatic carbocycles. The van der Waals surface area contributed by atoms with Gasteiger partial charge in [0.1, 0.15) is 0 Å². The van der Waals surface area contributed by atoms with E-state index in [9.17, 15) is 4.79 Å². The van der Waals surface area contributed by atoms with Crippen molar-refractivity contribution in [3.63, 3.8) is 0 Å². The van der Waals surface area contributed by atoms with Gasteiger partial charge in [0.15, 0.2) is 4.96 Å². The SMILES string of the molecule is O=C(Cc1csc2nc3ccccc3n12)N1CCN(C(c2ccccc2)c2ccc(Cl)cc2)CC1. The van der Waals surface area contributed by atoms with Crippen molar-refractivity contribution in [1.29, 1.82) is 0 Å². The van der Waals surface area contributed by atoms with E-state index in [4.69, 9.17) is 11.6 Å². The Hall–Kier alpha value is -3.19. The minimum absolute atomic E-state index is 0.138. The molecule has 176 valence electrons. The molecule has 2 aromatic heterocycles. The number of para-hydroxylation sites is 2. The Kier molecular flexibility index (Phi) is 6.02. The fourth-order valence-electron chi connectivity index (χ4n) is 5.05. The lowest BCUT2D eigenvalue weighted by Crippen LogP contribution is -2.50. The summed E-state index contributed by atoms with van der Waals surface area (Å²) in [5, 5.41) is 2.80. The maximum absolute atomic E-state index is 13.3. The number of piperazine rings is 1. The Morgan fingerprint density at radius 3 is 2.34 bits per heavy atom. The van der Waals surface area contributed by atoms with Gasteiger partial charge in [0.2, 0.25) is 5.91 Å². The predicted molar refractivity (Wildman–Crippen MR) is 142 cm³/mol. The van der Waals surface area contributed by atoms with Gasteiger partial charge < -0.3 is 4.90 Å². The van der Waals surface area contributed by atoms with Crippen molar-refractivity contribution in [3.05, 3.63) is 106 Å². The molecular formula is C28H25ClN4OS. The lowest BCUT2D eigenvalue weighted by Gasteiger charge is -2.39. The number of carbonyl (C=O) groups excluding carboxylic acids is 1. The number of imidazole rings is 1. The number of aromatic nitrogens is 2. The molecule has 1 saturated heterocycles. The van der Waals surface area contributed by atoms with E-state index in [-0.39, 0.29) is 11.9 Å². The number of hydrogen-bond acceptors (Lipinski definition) is 4. The molecule has 0 N–H and O–H groups in total. The molecule has 1 fully saturated rings. The Bertz CT molecular complexity index is 1470. The summed E-state index contributed by atoms with van der Waals surface area (Å²) in [6.07, 6.45) is 0.389. The number of halogens is 1. The van der Waals surface area contributed by atoms with Crippen LogP contribution in [0.4, 0.5) is 0 Å². The molecule has 3 heterocycles. The Morgan fingerprint density at radius 1 is 0.886 bits per heavy atom. The number of nitrogens with zero attached hydrogens (tertiary/aromatic N) is 4. The largest absolute Gasteiger partial charge is 0.340 e. The second-order valence-electron chi connectivity index (χ2n) is 8.90. The Balaban J connectivity index is 1.18. The van der Waals surface area contributed by atoms with Crippen LogP contribution in [-0.2, 0) is 11.2 Å². The maximum Gasteiger partial charge on any atom is 0.228 e. The number of hydrogen-bond donors (Lipinski definition) is 0. The van der Waals surface area contributed by atoms with E-state index < -0.39 is 0 Å². The molecule has 1 aliphatic rings. The summed E-state index contributed by atoms with van der Waals surface area (Å²) in [4.78, 5) is 23.4. The normalized spacial score (nSPS) is 15.6. The molecular weight excluding hydrogens is 476 g/mol. The minimum atomic E-state index is 0.138. The summed E-state index contributed by atoms with van der Waals surface area (Å²) in [7, 11) is 0. The summed E-state index contributed by atoms with van der Waals surface area (Å²) < 4.78 is 2.13. The van der Waals surface area contributed by atoms with Gasteiger partial charge in [0, 0.05) is 42.3 Å². The second-order valence-corrected chi connectivity index (χ2v) is 10.2. The first-order valence-electron chi connectivity index (χ1n) is 11.8. The van der Waals surface area contributed by atoms with Crippen LogP contribution in [0.5, 0.6) is 0 Å². The number of rotatable bonds is 5. The van der Waals surface area contributed by atoms with Crippen LogP contribution in [0.15, 0.2) is 84.2 Å². The molecule has 6 rings (SSSR count). The number of amides is 1. The third-order valence-corrected chi connectivity index (χ3v) is 7.91. The van der Waals surface area contributed by atoms with Gasteiger partial charge in [0.25, 0.3) is 0 Å². The van der Waals surface area contributed by atoms with Gasteiger partial charge in [-0.05, 0) is 35.4 Å². The van der Waals surface area contributed by atoms with E-state index in [1.165, 1.54) is 11.1 Å². The van der Waals surface area contributed by atoms with Crippen molar-refractivity contribution in [3.8, 4) is 0 Å².